The number of hydrogen-bond acceptors (Lipinski definition) is 4. The van der Waals surface area contributed by atoms with Crippen molar-refractivity contribution in [3.05, 3.63) is 47.9 Å². The highest BCUT2D eigenvalue weighted by molar-refractivity contribution is 7.89. The summed E-state index contributed by atoms with van der Waals surface area (Å²) in [5.74, 6) is 1.63. The van der Waals surface area contributed by atoms with Crippen molar-refractivity contribution in [3.63, 3.8) is 0 Å². The lowest BCUT2D eigenvalue weighted by atomic mass is 10.2. The first-order valence-electron chi connectivity index (χ1n) is 5.82. The van der Waals surface area contributed by atoms with Gasteiger partial charge in [-0.1, -0.05) is 6.07 Å². The molecule has 19 heavy (non-hydrogen) atoms. The SMILES string of the molecule is Cc1ccc(C(C)Nc2cccc(S(N)(=O)=O)c2)o1. The smallest absolute Gasteiger partial charge is 0.238 e. The molecule has 6 heteroatoms. The molecule has 102 valence electrons. The third-order valence-electron chi connectivity index (χ3n) is 2.73. The maximum Gasteiger partial charge on any atom is 0.238 e. The molecular formula is C13H16N2O3S. The Balaban J connectivity index is 2.20. The zero-order chi connectivity index (χ0) is 14.0. The van der Waals surface area contributed by atoms with Gasteiger partial charge in [-0.05, 0) is 44.2 Å². The number of nitrogens with two attached hydrogens (primary N) is 1. The summed E-state index contributed by atoms with van der Waals surface area (Å²) in [6.07, 6.45) is 0. The van der Waals surface area contributed by atoms with Crippen molar-refractivity contribution < 1.29 is 12.8 Å². The van der Waals surface area contributed by atoms with Crippen LogP contribution in [0.25, 0.3) is 0 Å². The quantitative estimate of drug-likeness (QED) is 0.900. The predicted molar refractivity (Wildman–Crippen MR) is 73.3 cm³/mol. The average molecular weight is 280 g/mol. The maximum atomic E-state index is 11.3. The van der Waals surface area contributed by atoms with Gasteiger partial charge < -0.3 is 9.73 Å². The number of benzene rings is 1. The second-order valence-corrected chi connectivity index (χ2v) is 5.95. The summed E-state index contributed by atoms with van der Waals surface area (Å²) in [7, 11) is -3.69. The van der Waals surface area contributed by atoms with E-state index in [-0.39, 0.29) is 10.9 Å². The minimum absolute atomic E-state index is 0.0653. The van der Waals surface area contributed by atoms with E-state index < -0.39 is 10.0 Å². The largest absolute Gasteiger partial charge is 0.464 e. The number of aryl methyl sites for hydroxylation is 1. The van der Waals surface area contributed by atoms with Crippen LogP contribution in [0.2, 0.25) is 0 Å². The Bertz CT molecular complexity index is 677. The van der Waals surface area contributed by atoms with Crippen LogP contribution in [0.1, 0.15) is 24.5 Å². The number of rotatable bonds is 4. The molecule has 2 rings (SSSR count). The molecule has 0 saturated heterocycles. The van der Waals surface area contributed by atoms with Crippen molar-refractivity contribution in [1.29, 1.82) is 0 Å². The standard InChI is InChI=1S/C13H16N2O3S/c1-9-6-7-13(18-9)10(2)15-11-4-3-5-12(8-11)19(14,16)17/h3-8,10,15H,1-2H3,(H2,14,16,17). The molecule has 1 aromatic carbocycles. The van der Waals surface area contributed by atoms with E-state index in [2.05, 4.69) is 5.32 Å². The fourth-order valence-corrected chi connectivity index (χ4v) is 2.33. The Morgan fingerprint density at radius 1 is 1.26 bits per heavy atom. The molecule has 0 aliphatic rings. The van der Waals surface area contributed by atoms with E-state index in [0.29, 0.717) is 5.69 Å². The molecule has 0 radical (unpaired) electrons. The first-order valence-corrected chi connectivity index (χ1v) is 7.36. The molecule has 0 spiro atoms. The molecule has 1 aromatic heterocycles. The zero-order valence-electron chi connectivity index (χ0n) is 10.8. The van der Waals surface area contributed by atoms with Gasteiger partial charge in [-0.2, -0.15) is 0 Å². The molecular weight excluding hydrogens is 264 g/mol. The van der Waals surface area contributed by atoms with Crippen LogP contribution in [0, 0.1) is 6.92 Å². The van der Waals surface area contributed by atoms with E-state index in [4.69, 9.17) is 9.56 Å². The Morgan fingerprint density at radius 2 is 2.00 bits per heavy atom. The molecule has 0 aliphatic carbocycles. The number of anilines is 1. The molecule has 1 unspecified atom stereocenters. The Labute approximate surface area is 112 Å². The molecule has 1 atom stereocenters. The van der Waals surface area contributed by atoms with Crippen molar-refractivity contribution in [1.82, 2.24) is 0 Å². The molecule has 0 bridgehead atoms. The van der Waals surface area contributed by atoms with Crippen molar-refractivity contribution in [3.8, 4) is 0 Å². The highest BCUT2D eigenvalue weighted by atomic mass is 32.2. The van der Waals surface area contributed by atoms with Crippen molar-refractivity contribution in [2.75, 3.05) is 5.32 Å². The number of furan rings is 1. The summed E-state index contributed by atoms with van der Waals surface area (Å²) in [5, 5.41) is 8.27. The van der Waals surface area contributed by atoms with Gasteiger partial charge in [0.05, 0.1) is 10.9 Å². The molecule has 1 heterocycles. The Hall–Kier alpha value is -1.79. The topological polar surface area (TPSA) is 85.3 Å². The van der Waals surface area contributed by atoms with Gasteiger partial charge in [0.25, 0.3) is 0 Å². The number of primary sulfonamides is 1. The first-order chi connectivity index (χ1) is 8.86. The predicted octanol–water partition coefficient (Wildman–Crippen LogP) is 2.41. The second-order valence-electron chi connectivity index (χ2n) is 4.39. The fourth-order valence-electron chi connectivity index (χ4n) is 1.77. The minimum atomic E-state index is -3.69. The van der Waals surface area contributed by atoms with Gasteiger partial charge in [-0.3, -0.25) is 0 Å². The molecule has 2 aromatic rings. The molecule has 0 fully saturated rings. The highest BCUT2D eigenvalue weighted by Gasteiger charge is 2.12. The molecule has 3 N–H and O–H groups in total. The van der Waals surface area contributed by atoms with Crippen molar-refractivity contribution >= 4 is 15.7 Å². The summed E-state index contributed by atoms with van der Waals surface area (Å²) in [5.41, 5.74) is 0.674. The Morgan fingerprint density at radius 3 is 2.58 bits per heavy atom. The monoisotopic (exact) mass is 280 g/mol. The summed E-state index contributed by atoms with van der Waals surface area (Å²) in [4.78, 5) is 0.0836. The van der Waals surface area contributed by atoms with Gasteiger partial charge in [0, 0.05) is 5.69 Å². The maximum absolute atomic E-state index is 11.3. The van der Waals surface area contributed by atoms with Gasteiger partial charge in [-0.15, -0.1) is 0 Å². The summed E-state index contributed by atoms with van der Waals surface area (Å²) >= 11 is 0. The lowest BCUT2D eigenvalue weighted by Crippen LogP contribution is -2.13. The van der Waals surface area contributed by atoms with E-state index in [0.717, 1.165) is 11.5 Å². The number of nitrogens with one attached hydrogen (secondary N) is 1. The lowest BCUT2D eigenvalue weighted by Gasteiger charge is -2.13. The summed E-state index contributed by atoms with van der Waals surface area (Å²) in [6.45, 7) is 3.81. The van der Waals surface area contributed by atoms with Crippen LogP contribution < -0.4 is 10.5 Å². The van der Waals surface area contributed by atoms with E-state index in [1.54, 1.807) is 12.1 Å². The van der Waals surface area contributed by atoms with Gasteiger partial charge >= 0.3 is 0 Å². The lowest BCUT2D eigenvalue weighted by molar-refractivity contribution is 0.467. The average Bonchev–Trinajstić information content (AvgIpc) is 2.75. The second kappa shape index (κ2) is 5.07. The van der Waals surface area contributed by atoms with Crippen molar-refractivity contribution in [2.24, 2.45) is 5.14 Å². The highest BCUT2D eigenvalue weighted by Crippen LogP contribution is 2.22. The zero-order valence-corrected chi connectivity index (χ0v) is 11.6. The fraction of sp³-hybridized carbons (Fsp3) is 0.231. The van der Waals surface area contributed by atoms with Crippen LogP contribution in [0.15, 0.2) is 45.7 Å². The van der Waals surface area contributed by atoms with Gasteiger partial charge in [-0.25, -0.2) is 13.6 Å². The molecule has 0 amide bonds. The minimum Gasteiger partial charge on any atom is -0.464 e. The third-order valence-corrected chi connectivity index (χ3v) is 3.64. The summed E-state index contributed by atoms with van der Waals surface area (Å²) in [6, 6.07) is 10.1. The summed E-state index contributed by atoms with van der Waals surface area (Å²) < 4.78 is 28.1. The van der Waals surface area contributed by atoms with E-state index in [9.17, 15) is 8.42 Å². The van der Waals surface area contributed by atoms with Crippen LogP contribution in [0.3, 0.4) is 0 Å². The molecule has 0 saturated carbocycles. The van der Waals surface area contributed by atoms with E-state index >= 15 is 0 Å². The van der Waals surface area contributed by atoms with Crippen molar-refractivity contribution in [2.45, 2.75) is 24.8 Å². The van der Waals surface area contributed by atoms with Crippen LogP contribution >= 0.6 is 0 Å². The van der Waals surface area contributed by atoms with Crippen LogP contribution in [-0.2, 0) is 10.0 Å². The van der Waals surface area contributed by atoms with Crippen LogP contribution in [-0.4, -0.2) is 8.42 Å². The van der Waals surface area contributed by atoms with E-state index in [1.807, 2.05) is 26.0 Å². The van der Waals surface area contributed by atoms with Crippen LogP contribution in [0.4, 0.5) is 5.69 Å². The van der Waals surface area contributed by atoms with Gasteiger partial charge in [0.1, 0.15) is 11.5 Å². The Kier molecular flexibility index (Phi) is 3.64. The first kappa shape index (κ1) is 13.6. The van der Waals surface area contributed by atoms with Gasteiger partial charge in [0.2, 0.25) is 10.0 Å². The normalized spacial score (nSPS) is 13.2. The third kappa shape index (κ3) is 3.36. The molecule has 0 aliphatic heterocycles. The van der Waals surface area contributed by atoms with E-state index in [1.165, 1.54) is 12.1 Å². The molecule has 5 nitrogen and oxygen atoms in total. The van der Waals surface area contributed by atoms with Gasteiger partial charge in [0.15, 0.2) is 0 Å². The number of sulfonamides is 1. The number of hydrogen-bond donors (Lipinski definition) is 2. The van der Waals surface area contributed by atoms with Crippen LogP contribution in [0.5, 0.6) is 0 Å².